The number of rotatable bonds is 4. The topological polar surface area (TPSA) is 35.5 Å². The van der Waals surface area contributed by atoms with Gasteiger partial charge in [0.25, 0.3) is 0 Å². The first kappa shape index (κ1) is 17.1. The largest absolute Gasteiger partial charge is 0.456 e. The number of carbonyl (C=O) groups is 1. The van der Waals surface area contributed by atoms with Crippen molar-refractivity contribution in [1.29, 1.82) is 0 Å². The quantitative estimate of drug-likeness (QED) is 0.258. The van der Waals surface area contributed by atoms with Gasteiger partial charge in [0, 0.05) is 27.5 Å². The van der Waals surface area contributed by atoms with Gasteiger partial charge in [-0.3, -0.25) is 0 Å². The minimum Gasteiger partial charge on any atom is -0.456 e. The molecule has 3 aromatic rings. The summed E-state index contributed by atoms with van der Waals surface area (Å²) in [6.45, 7) is 5.36. The molecular formula is C24H20O3. The first-order chi connectivity index (χ1) is 13.1. The van der Waals surface area contributed by atoms with Gasteiger partial charge in [-0.1, -0.05) is 61.2 Å². The van der Waals surface area contributed by atoms with E-state index in [0.29, 0.717) is 17.7 Å². The van der Waals surface area contributed by atoms with Crippen LogP contribution in [0.25, 0.3) is 10.8 Å². The van der Waals surface area contributed by atoms with Crippen LogP contribution < -0.4 is 9.47 Å². The Morgan fingerprint density at radius 2 is 1.41 bits per heavy atom. The fraction of sp³-hybridized carbons (Fsp3) is 0.125. The zero-order chi connectivity index (χ0) is 18.8. The van der Waals surface area contributed by atoms with Crippen LogP contribution in [0.2, 0.25) is 0 Å². The summed E-state index contributed by atoms with van der Waals surface area (Å²) >= 11 is 0. The third-order valence-corrected chi connectivity index (χ3v) is 4.65. The zero-order valence-corrected chi connectivity index (χ0v) is 15.2. The predicted octanol–water partition coefficient (Wildman–Crippen LogP) is 5.77. The van der Waals surface area contributed by atoms with Gasteiger partial charge in [0.1, 0.15) is 17.2 Å². The van der Waals surface area contributed by atoms with Gasteiger partial charge in [0.05, 0.1) is 0 Å². The third-order valence-electron chi connectivity index (χ3n) is 4.65. The Labute approximate surface area is 158 Å². The van der Waals surface area contributed by atoms with Gasteiger partial charge < -0.3 is 9.47 Å². The molecule has 0 heterocycles. The van der Waals surface area contributed by atoms with Crippen molar-refractivity contribution in [2.45, 2.75) is 19.8 Å². The molecule has 3 heteroatoms. The van der Waals surface area contributed by atoms with E-state index < -0.39 is 5.97 Å². The number of hydrogen-bond acceptors (Lipinski definition) is 3. The predicted molar refractivity (Wildman–Crippen MR) is 107 cm³/mol. The van der Waals surface area contributed by atoms with Crippen LogP contribution >= 0.6 is 0 Å². The standard InChI is InChI=1S/C24H20O3/c1-16(2)24(25)27-23-20-14-8-6-12-18(20)22(19-13-7-9-15-21(19)23)26-17-10-4-3-5-11-17/h3-12,14H,1,13,15H2,2H3. The SMILES string of the molecule is C=C(C)C(=O)Oc1c2c(c(Oc3ccccc3)c3ccccc13)CC=CC2. The number of ether oxygens (including phenoxy) is 2. The van der Waals surface area contributed by atoms with Crippen molar-refractivity contribution in [1.82, 2.24) is 0 Å². The lowest BCUT2D eigenvalue weighted by Gasteiger charge is -2.23. The van der Waals surface area contributed by atoms with Crippen molar-refractivity contribution in [3.05, 3.63) is 90.0 Å². The second-order valence-electron chi connectivity index (χ2n) is 6.63. The summed E-state index contributed by atoms with van der Waals surface area (Å²) in [6, 6.07) is 17.6. The molecule has 0 atom stereocenters. The highest BCUT2D eigenvalue weighted by atomic mass is 16.5. The Morgan fingerprint density at radius 1 is 0.852 bits per heavy atom. The Bertz CT molecular complexity index is 1060. The smallest absolute Gasteiger partial charge is 0.338 e. The maximum Gasteiger partial charge on any atom is 0.338 e. The molecular weight excluding hydrogens is 336 g/mol. The van der Waals surface area contributed by atoms with Gasteiger partial charge >= 0.3 is 5.97 Å². The van der Waals surface area contributed by atoms with Crippen molar-refractivity contribution in [3.63, 3.8) is 0 Å². The Balaban J connectivity index is 1.94. The highest BCUT2D eigenvalue weighted by Crippen LogP contribution is 2.44. The fourth-order valence-corrected chi connectivity index (χ4v) is 3.33. The summed E-state index contributed by atoms with van der Waals surface area (Å²) in [6.07, 6.45) is 5.66. The molecule has 4 rings (SSSR count). The van der Waals surface area contributed by atoms with Crippen molar-refractivity contribution < 1.29 is 14.3 Å². The molecule has 27 heavy (non-hydrogen) atoms. The van der Waals surface area contributed by atoms with Gasteiger partial charge in [-0.25, -0.2) is 4.79 Å². The lowest BCUT2D eigenvalue weighted by atomic mass is 9.90. The number of para-hydroxylation sites is 1. The van der Waals surface area contributed by atoms with E-state index in [2.05, 4.69) is 18.7 Å². The molecule has 0 bridgehead atoms. The van der Waals surface area contributed by atoms with E-state index in [9.17, 15) is 4.79 Å². The molecule has 0 radical (unpaired) electrons. The van der Waals surface area contributed by atoms with E-state index in [0.717, 1.165) is 39.8 Å². The molecule has 0 saturated carbocycles. The molecule has 3 aromatic carbocycles. The third kappa shape index (κ3) is 3.24. The molecule has 0 unspecified atom stereocenters. The summed E-state index contributed by atoms with van der Waals surface area (Å²) in [5, 5.41) is 1.80. The molecule has 1 aliphatic rings. The average Bonchev–Trinajstić information content (AvgIpc) is 2.71. The van der Waals surface area contributed by atoms with Crippen molar-refractivity contribution >= 4 is 16.7 Å². The number of esters is 1. The summed E-state index contributed by atoms with van der Waals surface area (Å²) in [5.74, 6) is 1.81. The van der Waals surface area contributed by atoms with Crippen LogP contribution in [0, 0.1) is 0 Å². The molecule has 0 aromatic heterocycles. The molecule has 0 fully saturated rings. The van der Waals surface area contributed by atoms with E-state index >= 15 is 0 Å². The van der Waals surface area contributed by atoms with Gasteiger partial charge in [0.15, 0.2) is 0 Å². The van der Waals surface area contributed by atoms with Crippen LogP contribution in [0.1, 0.15) is 18.1 Å². The van der Waals surface area contributed by atoms with Crippen LogP contribution in [0.4, 0.5) is 0 Å². The average molecular weight is 356 g/mol. The number of benzene rings is 3. The highest BCUT2D eigenvalue weighted by molar-refractivity contribution is 5.99. The van der Waals surface area contributed by atoms with E-state index in [4.69, 9.17) is 9.47 Å². The number of fused-ring (bicyclic) bond motifs is 2. The lowest BCUT2D eigenvalue weighted by Crippen LogP contribution is -2.12. The van der Waals surface area contributed by atoms with Crippen LogP contribution in [-0.4, -0.2) is 5.97 Å². The summed E-state index contributed by atoms with van der Waals surface area (Å²) < 4.78 is 12.1. The molecule has 134 valence electrons. The normalized spacial score (nSPS) is 12.5. The van der Waals surface area contributed by atoms with E-state index in [1.54, 1.807) is 6.92 Å². The lowest BCUT2D eigenvalue weighted by molar-refractivity contribution is -0.130. The molecule has 0 saturated heterocycles. The molecule has 0 N–H and O–H groups in total. The highest BCUT2D eigenvalue weighted by Gasteiger charge is 2.24. The van der Waals surface area contributed by atoms with Crippen molar-refractivity contribution in [2.75, 3.05) is 0 Å². The first-order valence-corrected chi connectivity index (χ1v) is 8.97. The molecule has 1 aliphatic carbocycles. The van der Waals surface area contributed by atoms with E-state index in [1.807, 2.05) is 54.6 Å². The van der Waals surface area contributed by atoms with Gasteiger partial charge in [-0.2, -0.15) is 0 Å². The first-order valence-electron chi connectivity index (χ1n) is 8.97. The van der Waals surface area contributed by atoms with Gasteiger partial charge in [0.2, 0.25) is 0 Å². The van der Waals surface area contributed by atoms with Crippen LogP contribution in [-0.2, 0) is 17.6 Å². The van der Waals surface area contributed by atoms with Crippen LogP contribution in [0.15, 0.2) is 78.9 Å². The van der Waals surface area contributed by atoms with E-state index in [-0.39, 0.29) is 0 Å². The van der Waals surface area contributed by atoms with Gasteiger partial charge in [-0.15, -0.1) is 0 Å². The fourth-order valence-electron chi connectivity index (χ4n) is 3.33. The maximum atomic E-state index is 12.2. The Morgan fingerprint density at radius 3 is 2.04 bits per heavy atom. The number of hydrogen-bond donors (Lipinski definition) is 0. The zero-order valence-electron chi connectivity index (χ0n) is 15.2. The Kier molecular flexibility index (Phi) is 4.51. The number of allylic oxidation sites excluding steroid dienone is 2. The van der Waals surface area contributed by atoms with Crippen molar-refractivity contribution in [3.8, 4) is 17.2 Å². The Hall–Kier alpha value is -3.33. The minimum absolute atomic E-state index is 0.379. The summed E-state index contributed by atoms with van der Waals surface area (Å²) in [5.41, 5.74) is 2.44. The molecule has 0 spiro atoms. The molecule has 0 amide bonds. The van der Waals surface area contributed by atoms with Crippen molar-refractivity contribution in [2.24, 2.45) is 0 Å². The minimum atomic E-state index is -0.409. The monoisotopic (exact) mass is 356 g/mol. The van der Waals surface area contributed by atoms with E-state index in [1.165, 1.54) is 0 Å². The maximum absolute atomic E-state index is 12.2. The second-order valence-corrected chi connectivity index (χ2v) is 6.63. The van der Waals surface area contributed by atoms with Gasteiger partial charge in [-0.05, 0) is 31.9 Å². The van der Waals surface area contributed by atoms with Crippen LogP contribution in [0.3, 0.4) is 0 Å². The molecule has 3 nitrogen and oxygen atoms in total. The second kappa shape index (κ2) is 7.12. The number of carbonyl (C=O) groups excluding carboxylic acids is 1. The summed E-state index contributed by atoms with van der Waals surface area (Å²) in [7, 11) is 0. The molecule has 0 aliphatic heterocycles. The summed E-state index contributed by atoms with van der Waals surface area (Å²) in [4.78, 5) is 12.2. The van der Waals surface area contributed by atoms with Crippen LogP contribution in [0.5, 0.6) is 17.2 Å².